The van der Waals surface area contributed by atoms with Crippen LogP contribution in [0.4, 0.5) is 0 Å². The highest BCUT2D eigenvalue weighted by Crippen LogP contribution is 2.39. The third-order valence-corrected chi connectivity index (χ3v) is 3.32. The molecule has 0 aromatic carbocycles. The molecule has 1 rings (SSSR count). The van der Waals surface area contributed by atoms with Crippen molar-refractivity contribution in [2.24, 2.45) is 11.8 Å². The Kier molecular flexibility index (Phi) is 7.37. The van der Waals surface area contributed by atoms with Gasteiger partial charge in [-0.15, -0.1) is 0 Å². The van der Waals surface area contributed by atoms with Crippen LogP contribution in [0.25, 0.3) is 0 Å². The smallest absolute Gasteiger partial charge is 0.133 e. The Hall–Kier alpha value is -0.630. The zero-order chi connectivity index (χ0) is 14.1. The number of hydrogen-bond acceptors (Lipinski definition) is 4. The van der Waals surface area contributed by atoms with Gasteiger partial charge < -0.3 is 9.47 Å². The van der Waals surface area contributed by atoms with Gasteiger partial charge in [-0.25, -0.2) is 0 Å². The quantitative estimate of drug-likeness (QED) is 0.584. The molecule has 0 aromatic heterocycles. The van der Waals surface area contributed by atoms with Crippen LogP contribution in [0.15, 0.2) is 0 Å². The normalized spacial score (nSPS) is 18.3. The van der Waals surface area contributed by atoms with Gasteiger partial charge >= 0.3 is 0 Å². The second kappa shape index (κ2) is 8.52. The summed E-state index contributed by atoms with van der Waals surface area (Å²) >= 11 is 0. The molecule has 1 unspecified atom stereocenters. The van der Waals surface area contributed by atoms with E-state index in [1.165, 1.54) is 0 Å². The van der Waals surface area contributed by atoms with Crippen LogP contribution in [0.2, 0.25) is 0 Å². The summed E-state index contributed by atoms with van der Waals surface area (Å²) in [6.07, 6.45) is 3.31. The molecular formula is C15H28N2O2. The molecule has 0 aromatic rings. The molecule has 1 aliphatic rings. The third kappa shape index (κ3) is 5.90. The van der Waals surface area contributed by atoms with E-state index in [1.54, 1.807) is 0 Å². The fourth-order valence-corrected chi connectivity index (χ4v) is 2.07. The third-order valence-electron chi connectivity index (χ3n) is 3.32. The lowest BCUT2D eigenvalue weighted by molar-refractivity contribution is 0.0187. The average Bonchev–Trinajstić information content (AvgIpc) is 3.22. The Labute approximate surface area is 117 Å². The van der Waals surface area contributed by atoms with Gasteiger partial charge in [-0.1, -0.05) is 20.8 Å². The monoisotopic (exact) mass is 268 g/mol. The number of nitrogens with zero attached hydrogens (tertiary/aromatic N) is 1. The molecule has 0 aliphatic heterocycles. The lowest BCUT2D eigenvalue weighted by Crippen LogP contribution is -2.50. The average molecular weight is 268 g/mol. The van der Waals surface area contributed by atoms with Gasteiger partial charge in [0.1, 0.15) is 5.54 Å². The molecule has 0 bridgehead atoms. The Balaban J connectivity index is 2.23. The fraction of sp³-hybridized carbons (Fsp3) is 0.933. The maximum Gasteiger partial charge on any atom is 0.133 e. The molecule has 110 valence electrons. The van der Waals surface area contributed by atoms with Gasteiger partial charge in [-0.2, -0.15) is 5.26 Å². The maximum absolute atomic E-state index is 9.47. The maximum atomic E-state index is 9.47. The molecule has 0 heterocycles. The van der Waals surface area contributed by atoms with E-state index < -0.39 is 5.54 Å². The molecule has 1 fully saturated rings. The van der Waals surface area contributed by atoms with Crippen molar-refractivity contribution < 1.29 is 9.47 Å². The lowest BCUT2D eigenvalue weighted by Gasteiger charge is -2.27. The summed E-state index contributed by atoms with van der Waals surface area (Å²) in [5, 5.41) is 12.8. The van der Waals surface area contributed by atoms with E-state index in [2.05, 4.69) is 32.2 Å². The Morgan fingerprint density at radius 1 is 1.32 bits per heavy atom. The van der Waals surface area contributed by atoms with Crippen molar-refractivity contribution >= 4 is 0 Å². The zero-order valence-electron chi connectivity index (χ0n) is 12.6. The number of ether oxygens (including phenoxy) is 2. The van der Waals surface area contributed by atoms with Gasteiger partial charge in [-0.05, 0) is 37.6 Å². The van der Waals surface area contributed by atoms with Gasteiger partial charge in [0.05, 0.1) is 25.9 Å². The fourth-order valence-electron chi connectivity index (χ4n) is 2.07. The summed E-state index contributed by atoms with van der Waals surface area (Å²) in [7, 11) is 0. The Morgan fingerprint density at radius 3 is 2.53 bits per heavy atom. The predicted octanol–water partition coefficient (Wildman–Crippen LogP) is 2.35. The van der Waals surface area contributed by atoms with Crippen LogP contribution in [-0.4, -0.2) is 38.5 Å². The first-order valence-electron chi connectivity index (χ1n) is 7.46. The number of hydrogen-bond donors (Lipinski definition) is 1. The van der Waals surface area contributed by atoms with Crippen molar-refractivity contribution in [2.75, 3.05) is 33.0 Å². The van der Waals surface area contributed by atoms with Gasteiger partial charge in [0, 0.05) is 6.61 Å². The minimum Gasteiger partial charge on any atom is -0.379 e. The van der Waals surface area contributed by atoms with Crippen LogP contribution in [0.1, 0.15) is 40.0 Å². The van der Waals surface area contributed by atoms with Gasteiger partial charge in [0.2, 0.25) is 0 Å². The van der Waals surface area contributed by atoms with Gasteiger partial charge in [-0.3, -0.25) is 5.32 Å². The second-order valence-electron chi connectivity index (χ2n) is 5.81. The largest absolute Gasteiger partial charge is 0.379 e. The molecule has 19 heavy (non-hydrogen) atoms. The summed E-state index contributed by atoms with van der Waals surface area (Å²) in [6.45, 7) is 9.66. The summed E-state index contributed by atoms with van der Waals surface area (Å²) in [5.74, 6) is 1.01. The molecule has 4 nitrogen and oxygen atoms in total. The number of nitriles is 1. The molecule has 1 N–H and O–H groups in total. The van der Waals surface area contributed by atoms with E-state index in [0.717, 1.165) is 32.4 Å². The van der Waals surface area contributed by atoms with E-state index >= 15 is 0 Å². The van der Waals surface area contributed by atoms with E-state index in [1.807, 2.05) is 0 Å². The minimum absolute atomic E-state index is 0.459. The minimum atomic E-state index is -0.478. The molecular weight excluding hydrogens is 240 g/mol. The molecule has 0 amide bonds. The van der Waals surface area contributed by atoms with Crippen molar-refractivity contribution in [1.82, 2.24) is 5.32 Å². The van der Waals surface area contributed by atoms with Crippen molar-refractivity contribution in [2.45, 2.75) is 45.6 Å². The summed E-state index contributed by atoms with van der Waals surface area (Å²) in [5.41, 5.74) is -0.478. The summed E-state index contributed by atoms with van der Waals surface area (Å²) < 4.78 is 11.1. The highest BCUT2D eigenvalue weighted by molar-refractivity contribution is 5.15. The van der Waals surface area contributed by atoms with Crippen LogP contribution in [0.5, 0.6) is 0 Å². The molecule has 1 atom stereocenters. The summed E-state index contributed by atoms with van der Waals surface area (Å²) in [6, 6.07) is 2.44. The van der Waals surface area contributed by atoms with Crippen molar-refractivity contribution in [1.29, 1.82) is 5.26 Å². The number of rotatable bonds is 11. The Morgan fingerprint density at radius 2 is 2.00 bits per heavy atom. The summed E-state index contributed by atoms with van der Waals surface area (Å²) in [4.78, 5) is 0. The zero-order valence-corrected chi connectivity index (χ0v) is 12.6. The molecule has 0 saturated heterocycles. The SMILES string of the molecule is CCCNC(C#N)(COCCOCC(C)C)C1CC1. The Bertz CT molecular complexity index is 284. The first-order valence-corrected chi connectivity index (χ1v) is 7.46. The standard InChI is InChI=1S/C15H28N2O2/c1-4-7-17-15(11-16,14-5-6-14)12-19-9-8-18-10-13(2)3/h13-14,17H,4-10,12H2,1-3H3. The second-order valence-corrected chi connectivity index (χ2v) is 5.81. The van der Waals surface area contributed by atoms with E-state index in [-0.39, 0.29) is 0 Å². The number of nitrogens with one attached hydrogen (secondary N) is 1. The lowest BCUT2D eigenvalue weighted by atomic mass is 9.96. The molecule has 0 spiro atoms. The molecule has 1 saturated carbocycles. The molecule has 1 aliphatic carbocycles. The van der Waals surface area contributed by atoms with Crippen LogP contribution in [-0.2, 0) is 9.47 Å². The van der Waals surface area contributed by atoms with Crippen molar-refractivity contribution in [3.63, 3.8) is 0 Å². The van der Waals surface area contributed by atoms with E-state index in [9.17, 15) is 5.26 Å². The molecule has 4 heteroatoms. The van der Waals surface area contributed by atoms with E-state index in [4.69, 9.17) is 9.47 Å². The van der Waals surface area contributed by atoms with Crippen LogP contribution >= 0.6 is 0 Å². The first kappa shape index (κ1) is 16.4. The van der Waals surface area contributed by atoms with Crippen LogP contribution in [0.3, 0.4) is 0 Å². The topological polar surface area (TPSA) is 54.3 Å². The first-order chi connectivity index (χ1) is 9.14. The molecule has 0 radical (unpaired) electrons. The van der Waals surface area contributed by atoms with Gasteiger partial charge in [0.25, 0.3) is 0 Å². The van der Waals surface area contributed by atoms with Crippen LogP contribution < -0.4 is 5.32 Å². The van der Waals surface area contributed by atoms with Crippen molar-refractivity contribution in [3.05, 3.63) is 0 Å². The van der Waals surface area contributed by atoms with E-state index in [0.29, 0.717) is 31.7 Å². The van der Waals surface area contributed by atoms with Gasteiger partial charge in [0.15, 0.2) is 0 Å². The van der Waals surface area contributed by atoms with Crippen LogP contribution in [0, 0.1) is 23.2 Å². The highest BCUT2D eigenvalue weighted by atomic mass is 16.5. The predicted molar refractivity (Wildman–Crippen MR) is 75.8 cm³/mol. The highest BCUT2D eigenvalue weighted by Gasteiger charge is 2.45. The van der Waals surface area contributed by atoms with Crippen molar-refractivity contribution in [3.8, 4) is 6.07 Å².